The number of hydrogen-bond donors (Lipinski definition) is 1. The van der Waals surface area contributed by atoms with Gasteiger partial charge in [0.2, 0.25) is 5.91 Å². The van der Waals surface area contributed by atoms with E-state index in [0.717, 1.165) is 16.6 Å². The van der Waals surface area contributed by atoms with Crippen molar-refractivity contribution >= 4 is 28.4 Å². The van der Waals surface area contributed by atoms with Gasteiger partial charge in [0, 0.05) is 28.6 Å². The zero-order valence-corrected chi connectivity index (χ0v) is 11.9. The zero-order chi connectivity index (χ0) is 13.8. The van der Waals surface area contributed by atoms with Gasteiger partial charge in [0.1, 0.15) is 0 Å². The summed E-state index contributed by atoms with van der Waals surface area (Å²) in [6.07, 6.45) is 1.11. The third kappa shape index (κ3) is 3.93. The van der Waals surface area contributed by atoms with Gasteiger partial charge in [0.05, 0.1) is 5.52 Å². The van der Waals surface area contributed by atoms with E-state index in [1.165, 1.54) is 0 Å². The number of amides is 1. The number of carbonyl (C=O) groups is 1. The molecule has 0 unspecified atom stereocenters. The minimum Gasteiger partial charge on any atom is -0.354 e. The van der Waals surface area contributed by atoms with Crippen LogP contribution >= 0.6 is 11.6 Å². The predicted octanol–water partition coefficient (Wildman–Crippen LogP) is 3.35. The van der Waals surface area contributed by atoms with Crippen molar-refractivity contribution in [2.24, 2.45) is 0 Å². The molecule has 0 radical (unpaired) electrons. The molecule has 2 aromatic rings. The van der Waals surface area contributed by atoms with Crippen LogP contribution in [0.25, 0.3) is 10.9 Å². The number of benzene rings is 1. The molecular formula is C15H17ClN2O. The summed E-state index contributed by atoms with van der Waals surface area (Å²) in [6, 6.07) is 9.73. The summed E-state index contributed by atoms with van der Waals surface area (Å²) in [7, 11) is 0. The lowest BCUT2D eigenvalue weighted by molar-refractivity contribution is -0.121. The van der Waals surface area contributed by atoms with Gasteiger partial charge in [-0.2, -0.15) is 0 Å². The van der Waals surface area contributed by atoms with Gasteiger partial charge in [-0.3, -0.25) is 9.78 Å². The molecule has 3 nitrogen and oxygen atoms in total. The Labute approximate surface area is 118 Å². The van der Waals surface area contributed by atoms with Crippen molar-refractivity contribution in [1.29, 1.82) is 0 Å². The quantitative estimate of drug-likeness (QED) is 0.930. The van der Waals surface area contributed by atoms with Gasteiger partial charge < -0.3 is 5.32 Å². The van der Waals surface area contributed by atoms with Gasteiger partial charge in [0.15, 0.2) is 0 Å². The Balaban J connectivity index is 2.05. The monoisotopic (exact) mass is 276 g/mol. The van der Waals surface area contributed by atoms with Crippen LogP contribution in [0, 0.1) is 0 Å². The highest BCUT2D eigenvalue weighted by Gasteiger charge is 2.05. The van der Waals surface area contributed by atoms with Crippen LogP contribution in [0.1, 0.15) is 26.0 Å². The molecule has 19 heavy (non-hydrogen) atoms. The van der Waals surface area contributed by atoms with Crippen molar-refractivity contribution in [3.05, 3.63) is 41.0 Å². The fraction of sp³-hybridized carbons (Fsp3) is 0.333. The lowest BCUT2D eigenvalue weighted by Crippen LogP contribution is -2.30. The van der Waals surface area contributed by atoms with Crippen LogP contribution in [0.3, 0.4) is 0 Å². The standard InChI is InChI=1S/C15H17ClN2O/c1-10(2)17-15(19)8-6-13-5-3-11-9-12(16)4-7-14(11)18-13/h3-5,7,9-10H,6,8H2,1-2H3,(H,17,19). The first kappa shape index (κ1) is 13.8. The molecule has 100 valence electrons. The molecular weight excluding hydrogens is 260 g/mol. The van der Waals surface area contributed by atoms with E-state index in [1.807, 2.05) is 44.2 Å². The highest BCUT2D eigenvalue weighted by atomic mass is 35.5. The predicted molar refractivity (Wildman–Crippen MR) is 78.4 cm³/mol. The molecule has 0 aliphatic heterocycles. The second-order valence-corrected chi connectivity index (χ2v) is 5.30. The fourth-order valence-corrected chi connectivity index (χ4v) is 2.09. The average Bonchev–Trinajstić information content (AvgIpc) is 2.35. The molecule has 1 aromatic carbocycles. The first-order valence-corrected chi connectivity index (χ1v) is 6.77. The lowest BCUT2D eigenvalue weighted by atomic mass is 10.1. The smallest absolute Gasteiger partial charge is 0.220 e. The molecule has 1 aromatic heterocycles. The SMILES string of the molecule is CC(C)NC(=O)CCc1ccc2cc(Cl)ccc2n1. The Morgan fingerprint density at radius 1 is 1.32 bits per heavy atom. The average molecular weight is 277 g/mol. The lowest BCUT2D eigenvalue weighted by Gasteiger charge is -2.08. The van der Waals surface area contributed by atoms with Crippen molar-refractivity contribution in [3.63, 3.8) is 0 Å². The summed E-state index contributed by atoms with van der Waals surface area (Å²) < 4.78 is 0. The molecule has 0 saturated heterocycles. The van der Waals surface area contributed by atoms with Crippen molar-refractivity contribution in [1.82, 2.24) is 10.3 Å². The minimum atomic E-state index is 0.0630. The summed E-state index contributed by atoms with van der Waals surface area (Å²) in [5.74, 6) is 0.0630. The van der Waals surface area contributed by atoms with Crippen LogP contribution in [0.4, 0.5) is 0 Å². The molecule has 4 heteroatoms. The minimum absolute atomic E-state index is 0.0630. The normalized spacial score (nSPS) is 10.9. The number of halogens is 1. The number of nitrogens with one attached hydrogen (secondary N) is 1. The van der Waals surface area contributed by atoms with Crippen molar-refractivity contribution in [2.75, 3.05) is 0 Å². The Morgan fingerprint density at radius 3 is 2.84 bits per heavy atom. The molecule has 2 rings (SSSR count). The van der Waals surface area contributed by atoms with Crippen molar-refractivity contribution in [2.45, 2.75) is 32.7 Å². The molecule has 0 aliphatic rings. The summed E-state index contributed by atoms with van der Waals surface area (Å²) in [5, 5.41) is 4.60. The van der Waals surface area contributed by atoms with E-state index in [2.05, 4.69) is 10.3 Å². The highest BCUT2D eigenvalue weighted by molar-refractivity contribution is 6.31. The third-order valence-corrected chi connectivity index (χ3v) is 3.00. The fourth-order valence-electron chi connectivity index (χ4n) is 1.91. The molecule has 0 spiro atoms. The third-order valence-electron chi connectivity index (χ3n) is 2.77. The number of rotatable bonds is 4. The summed E-state index contributed by atoms with van der Waals surface area (Å²) >= 11 is 5.93. The van der Waals surface area contributed by atoms with Crippen LogP contribution in [0.2, 0.25) is 5.02 Å². The van der Waals surface area contributed by atoms with Crippen LogP contribution in [-0.4, -0.2) is 16.9 Å². The molecule has 0 fully saturated rings. The maximum absolute atomic E-state index is 11.6. The van der Waals surface area contributed by atoms with E-state index in [9.17, 15) is 4.79 Å². The summed E-state index contributed by atoms with van der Waals surface area (Å²) in [4.78, 5) is 16.1. The summed E-state index contributed by atoms with van der Waals surface area (Å²) in [5.41, 5.74) is 1.83. The maximum atomic E-state index is 11.6. The van der Waals surface area contributed by atoms with Gasteiger partial charge >= 0.3 is 0 Å². The number of fused-ring (bicyclic) bond motifs is 1. The number of carbonyl (C=O) groups excluding carboxylic acids is 1. The Kier molecular flexibility index (Phi) is 4.38. The summed E-state index contributed by atoms with van der Waals surface area (Å²) in [6.45, 7) is 3.91. The van der Waals surface area contributed by atoms with Gasteiger partial charge in [-0.05, 0) is 44.5 Å². The van der Waals surface area contributed by atoms with Crippen LogP contribution < -0.4 is 5.32 Å². The molecule has 0 aliphatic carbocycles. The van der Waals surface area contributed by atoms with E-state index in [1.54, 1.807) is 0 Å². The Hall–Kier alpha value is -1.61. The Morgan fingerprint density at radius 2 is 2.11 bits per heavy atom. The van der Waals surface area contributed by atoms with Gasteiger partial charge in [-0.1, -0.05) is 17.7 Å². The number of nitrogens with zero attached hydrogens (tertiary/aromatic N) is 1. The molecule has 1 amide bonds. The number of aryl methyl sites for hydroxylation is 1. The van der Waals surface area contributed by atoms with Gasteiger partial charge in [-0.15, -0.1) is 0 Å². The van der Waals surface area contributed by atoms with Crippen LogP contribution in [0.15, 0.2) is 30.3 Å². The van der Waals surface area contributed by atoms with Gasteiger partial charge in [0.25, 0.3) is 0 Å². The van der Waals surface area contributed by atoms with E-state index in [4.69, 9.17) is 11.6 Å². The van der Waals surface area contributed by atoms with Gasteiger partial charge in [-0.25, -0.2) is 0 Å². The van der Waals surface area contributed by atoms with E-state index in [0.29, 0.717) is 17.9 Å². The molecule has 1 N–H and O–H groups in total. The second kappa shape index (κ2) is 6.02. The first-order valence-electron chi connectivity index (χ1n) is 6.39. The molecule has 0 atom stereocenters. The molecule has 1 heterocycles. The number of aromatic nitrogens is 1. The largest absolute Gasteiger partial charge is 0.354 e. The van der Waals surface area contributed by atoms with Crippen molar-refractivity contribution < 1.29 is 4.79 Å². The topological polar surface area (TPSA) is 42.0 Å². The number of hydrogen-bond acceptors (Lipinski definition) is 2. The van der Waals surface area contributed by atoms with Crippen LogP contribution in [0.5, 0.6) is 0 Å². The zero-order valence-electron chi connectivity index (χ0n) is 11.1. The van der Waals surface area contributed by atoms with E-state index in [-0.39, 0.29) is 11.9 Å². The maximum Gasteiger partial charge on any atom is 0.220 e. The van der Waals surface area contributed by atoms with E-state index < -0.39 is 0 Å². The first-order chi connectivity index (χ1) is 9.04. The Bertz CT molecular complexity index is 596. The highest BCUT2D eigenvalue weighted by Crippen LogP contribution is 2.18. The molecule has 0 bridgehead atoms. The van der Waals surface area contributed by atoms with Crippen molar-refractivity contribution in [3.8, 4) is 0 Å². The number of pyridine rings is 1. The second-order valence-electron chi connectivity index (χ2n) is 4.86. The van der Waals surface area contributed by atoms with Crippen LogP contribution in [-0.2, 0) is 11.2 Å². The molecule has 0 saturated carbocycles. The van der Waals surface area contributed by atoms with E-state index >= 15 is 0 Å².